The second-order valence-electron chi connectivity index (χ2n) is 7.51. The van der Waals surface area contributed by atoms with E-state index in [4.69, 9.17) is 4.42 Å². The van der Waals surface area contributed by atoms with Gasteiger partial charge in [0.25, 0.3) is 11.8 Å². The number of rotatable bonds is 6. The number of imide groups is 1. The SMILES string of the molecule is C=CC1=C(/C=C\C(C)O)CN(C[C@@]2(c3cc4cnc(C)nc4o3)NC(=O)NC2=O)C1=O. The summed E-state index contributed by atoms with van der Waals surface area (Å²) in [4.78, 5) is 47.6. The van der Waals surface area contributed by atoms with Crippen LogP contribution in [0.3, 0.4) is 0 Å². The van der Waals surface area contributed by atoms with Crippen LogP contribution in [-0.2, 0) is 15.1 Å². The lowest BCUT2D eigenvalue weighted by Gasteiger charge is -2.29. The van der Waals surface area contributed by atoms with Gasteiger partial charge in [-0.2, -0.15) is 4.98 Å². The Bertz CT molecular complexity index is 1180. The number of hydrogen-bond donors (Lipinski definition) is 3. The smallest absolute Gasteiger partial charge is 0.322 e. The molecule has 0 spiro atoms. The van der Waals surface area contributed by atoms with Crippen molar-refractivity contribution in [1.29, 1.82) is 0 Å². The molecule has 2 aliphatic rings. The predicted molar refractivity (Wildman–Crippen MR) is 110 cm³/mol. The highest BCUT2D eigenvalue weighted by molar-refractivity contribution is 6.08. The highest BCUT2D eigenvalue weighted by Gasteiger charge is 2.53. The minimum atomic E-state index is -1.63. The van der Waals surface area contributed by atoms with Gasteiger partial charge in [-0.25, -0.2) is 9.78 Å². The van der Waals surface area contributed by atoms with Gasteiger partial charge in [0.2, 0.25) is 5.71 Å². The topological polar surface area (TPSA) is 138 Å². The van der Waals surface area contributed by atoms with E-state index < -0.39 is 23.6 Å². The van der Waals surface area contributed by atoms with Crippen molar-refractivity contribution in [3.63, 3.8) is 0 Å². The summed E-state index contributed by atoms with van der Waals surface area (Å²) in [5.41, 5.74) is -0.347. The fourth-order valence-corrected chi connectivity index (χ4v) is 3.68. The van der Waals surface area contributed by atoms with Crippen molar-refractivity contribution in [3.8, 4) is 0 Å². The van der Waals surface area contributed by atoms with Crippen molar-refractivity contribution < 1.29 is 23.9 Å². The van der Waals surface area contributed by atoms with E-state index in [0.29, 0.717) is 22.4 Å². The summed E-state index contributed by atoms with van der Waals surface area (Å²) in [6.07, 6.45) is 5.51. The monoisotopic (exact) mass is 423 g/mol. The number of hydrogen-bond acceptors (Lipinski definition) is 7. The van der Waals surface area contributed by atoms with Crippen molar-refractivity contribution >= 4 is 28.9 Å². The van der Waals surface area contributed by atoms with Crippen LogP contribution in [0.15, 0.2) is 52.6 Å². The number of aryl methyl sites for hydroxylation is 1. The predicted octanol–water partition coefficient (Wildman–Crippen LogP) is 0.828. The molecule has 1 unspecified atom stereocenters. The molecule has 0 aliphatic carbocycles. The molecular weight excluding hydrogens is 402 g/mol. The molecule has 3 N–H and O–H groups in total. The molecule has 10 nitrogen and oxygen atoms in total. The van der Waals surface area contributed by atoms with Gasteiger partial charge in [0.1, 0.15) is 11.6 Å². The van der Waals surface area contributed by atoms with Gasteiger partial charge in [0.15, 0.2) is 5.54 Å². The van der Waals surface area contributed by atoms with Crippen LogP contribution in [0, 0.1) is 6.92 Å². The van der Waals surface area contributed by atoms with Gasteiger partial charge < -0.3 is 19.7 Å². The second kappa shape index (κ2) is 7.47. The summed E-state index contributed by atoms with van der Waals surface area (Å²) in [5, 5.41) is 14.9. The average molecular weight is 423 g/mol. The Hall–Kier alpha value is -3.79. The number of fused-ring (bicyclic) bond motifs is 1. The standard InChI is InChI=1S/C21H21N5O5/c1-4-15-13(6-5-11(2)27)9-26(18(15)28)10-21(19(29)24-20(30)25-21)16-7-14-8-22-12(3)23-17(14)31-16/h4-8,11,27H,1,9-10H2,2-3H3,(H2,24,25,29,30)/b6-5-/t11?,21-/m0/s1. The number of aromatic nitrogens is 2. The maximum Gasteiger partial charge on any atom is 0.322 e. The van der Waals surface area contributed by atoms with E-state index in [-0.39, 0.29) is 30.5 Å². The molecule has 4 amide bonds. The lowest BCUT2D eigenvalue weighted by atomic mass is 9.95. The molecule has 4 heterocycles. The number of furan rings is 1. The third kappa shape index (κ3) is 3.50. The van der Waals surface area contributed by atoms with Crippen molar-refractivity contribution in [2.75, 3.05) is 13.1 Å². The minimum Gasteiger partial charge on any atom is -0.439 e. The number of nitrogens with one attached hydrogen (secondary N) is 2. The summed E-state index contributed by atoms with van der Waals surface area (Å²) >= 11 is 0. The van der Waals surface area contributed by atoms with Crippen LogP contribution in [0.4, 0.5) is 4.79 Å². The molecule has 1 fully saturated rings. The van der Waals surface area contributed by atoms with E-state index in [1.54, 1.807) is 38.3 Å². The summed E-state index contributed by atoms with van der Waals surface area (Å²) < 4.78 is 5.81. The highest BCUT2D eigenvalue weighted by atomic mass is 16.3. The average Bonchev–Trinajstić information content (AvgIpc) is 3.34. The summed E-state index contributed by atoms with van der Waals surface area (Å²) in [7, 11) is 0. The Balaban J connectivity index is 1.72. The van der Waals surface area contributed by atoms with Crippen molar-refractivity contribution in [2.24, 2.45) is 0 Å². The Morgan fingerprint density at radius 3 is 2.84 bits per heavy atom. The van der Waals surface area contributed by atoms with Gasteiger partial charge in [0, 0.05) is 18.3 Å². The number of nitrogens with zero attached hydrogens (tertiary/aromatic N) is 3. The molecule has 2 atom stereocenters. The summed E-state index contributed by atoms with van der Waals surface area (Å²) in [6.45, 7) is 7.00. The molecule has 2 aliphatic heterocycles. The van der Waals surface area contributed by atoms with Crippen LogP contribution >= 0.6 is 0 Å². The third-order valence-electron chi connectivity index (χ3n) is 5.19. The number of aliphatic hydroxyl groups excluding tert-OH is 1. The Kier molecular flexibility index (Phi) is 4.94. The molecule has 31 heavy (non-hydrogen) atoms. The molecule has 2 aromatic heterocycles. The Morgan fingerprint density at radius 2 is 2.19 bits per heavy atom. The van der Waals surface area contributed by atoms with Crippen LogP contribution < -0.4 is 10.6 Å². The van der Waals surface area contributed by atoms with E-state index in [9.17, 15) is 19.5 Å². The van der Waals surface area contributed by atoms with Crippen molar-refractivity contribution in [1.82, 2.24) is 25.5 Å². The second-order valence-corrected chi connectivity index (χ2v) is 7.51. The maximum absolute atomic E-state index is 13.0. The fraction of sp³-hybridized carbons (Fsp3) is 0.286. The first-order valence-corrected chi connectivity index (χ1v) is 9.62. The molecule has 0 radical (unpaired) electrons. The first-order valence-electron chi connectivity index (χ1n) is 9.62. The fourth-order valence-electron chi connectivity index (χ4n) is 3.68. The maximum atomic E-state index is 13.0. The van der Waals surface area contributed by atoms with Crippen LogP contribution in [0.25, 0.3) is 11.1 Å². The number of carbonyl (C=O) groups is 3. The first-order chi connectivity index (χ1) is 14.7. The van der Waals surface area contributed by atoms with Crippen LogP contribution in [0.2, 0.25) is 0 Å². The van der Waals surface area contributed by atoms with Gasteiger partial charge in [-0.3, -0.25) is 14.9 Å². The molecule has 0 saturated carbocycles. The largest absolute Gasteiger partial charge is 0.439 e. The lowest BCUT2D eigenvalue weighted by Crippen LogP contribution is -2.53. The van der Waals surface area contributed by atoms with Gasteiger partial charge in [-0.1, -0.05) is 24.8 Å². The number of amides is 4. The number of urea groups is 1. The van der Waals surface area contributed by atoms with Crippen LogP contribution in [-0.4, -0.2) is 57.0 Å². The van der Waals surface area contributed by atoms with E-state index in [1.807, 2.05) is 0 Å². The minimum absolute atomic E-state index is 0.145. The van der Waals surface area contributed by atoms with Crippen molar-refractivity contribution in [3.05, 3.63) is 59.8 Å². The zero-order valence-electron chi connectivity index (χ0n) is 17.0. The van der Waals surface area contributed by atoms with E-state index in [2.05, 4.69) is 27.2 Å². The zero-order chi connectivity index (χ0) is 22.3. The highest BCUT2D eigenvalue weighted by Crippen LogP contribution is 2.33. The Labute approximate surface area is 177 Å². The van der Waals surface area contributed by atoms with Crippen molar-refractivity contribution in [2.45, 2.75) is 25.5 Å². The zero-order valence-corrected chi connectivity index (χ0v) is 17.0. The molecule has 2 aromatic rings. The van der Waals surface area contributed by atoms with Gasteiger partial charge in [0.05, 0.1) is 18.0 Å². The molecular formula is C21H21N5O5. The van der Waals surface area contributed by atoms with Gasteiger partial charge in [-0.15, -0.1) is 0 Å². The summed E-state index contributed by atoms with van der Waals surface area (Å²) in [5.74, 6) is -0.347. The van der Waals surface area contributed by atoms with Crippen LogP contribution in [0.5, 0.6) is 0 Å². The first kappa shape index (κ1) is 20.5. The number of aliphatic hydroxyl groups is 1. The van der Waals surface area contributed by atoms with Gasteiger partial charge in [-0.05, 0) is 25.5 Å². The van der Waals surface area contributed by atoms with E-state index in [0.717, 1.165) is 0 Å². The third-order valence-corrected chi connectivity index (χ3v) is 5.19. The molecule has 10 heteroatoms. The molecule has 0 bridgehead atoms. The molecule has 0 aromatic carbocycles. The molecule has 1 saturated heterocycles. The molecule has 4 rings (SSSR count). The summed E-state index contributed by atoms with van der Waals surface area (Å²) in [6, 6.07) is 0.891. The van der Waals surface area contributed by atoms with E-state index >= 15 is 0 Å². The quantitative estimate of drug-likeness (QED) is 0.585. The molecule has 160 valence electrons. The van der Waals surface area contributed by atoms with Crippen LogP contribution in [0.1, 0.15) is 18.5 Å². The number of carbonyl (C=O) groups excluding carboxylic acids is 3. The normalized spacial score (nSPS) is 22.5. The lowest BCUT2D eigenvalue weighted by molar-refractivity contribution is -0.130. The van der Waals surface area contributed by atoms with Gasteiger partial charge >= 0.3 is 6.03 Å². The Morgan fingerprint density at radius 1 is 1.42 bits per heavy atom. The van der Waals surface area contributed by atoms with E-state index in [1.165, 1.54) is 11.0 Å².